The highest BCUT2D eigenvalue weighted by molar-refractivity contribution is 4.84. The molecule has 0 bridgehead atoms. The fourth-order valence-corrected chi connectivity index (χ4v) is 5.13. The van der Waals surface area contributed by atoms with Crippen LogP contribution in [0.25, 0.3) is 0 Å². The van der Waals surface area contributed by atoms with Crippen molar-refractivity contribution < 1.29 is 4.57 Å². The molecule has 0 N–H and O–H groups in total. The van der Waals surface area contributed by atoms with Crippen LogP contribution in [0.15, 0.2) is 12.4 Å². The average Bonchev–Trinajstić information content (AvgIpc) is 3.20. The Balaban J connectivity index is 2.10. The molecular formula is C31H61N2+. The van der Waals surface area contributed by atoms with Crippen LogP contribution in [-0.2, 0) is 19.5 Å². The lowest BCUT2D eigenvalue weighted by atomic mass is 10.1. The topological polar surface area (TPSA) is 8.81 Å². The van der Waals surface area contributed by atoms with E-state index in [1.54, 1.807) is 5.82 Å². The molecule has 0 spiro atoms. The van der Waals surface area contributed by atoms with Crippen molar-refractivity contribution in [1.82, 2.24) is 4.57 Å². The number of imidazole rings is 1. The minimum Gasteiger partial charge on any atom is -0.234 e. The first-order chi connectivity index (χ1) is 16.3. The molecule has 0 saturated heterocycles. The molecule has 1 aromatic rings. The second-order valence-electron chi connectivity index (χ2n) is 10.6. The Bertz CT molecular complexity index is 519. The second kappa shape index (κ2) is 23.0. The predicted molar refractivity (Wildman–Crippen MR) is 147 cm³/mol. The van der Waals surface area contributed by atoms with Crippen LogP contribution in [0.1, 0.15) is 168 Å². The highest BCUT2D eigenvalue weighted by atomic mass is 15.1. The van der Waals surface area contributed by atoms with Crippen molar-refractivity contribution in [1.29, 1.82) is 0 Å². The molecular weight excluding hydrogens is 400 g/mol. The summed E-state index contributed by atoms with van der Waals surface area (Å²) in [6, 6.07) is 0. The first-order valence-corrected chi connectivity index (χ1v) is 15.4. The average molecular weight is 462 g/mol. The molecule has 0 saturated carbocycles. The summed E-state index contributed by atoms with van der Waals surface area (Å²) in [5, 5.41) is 0. The molecule has 0 atom stereocenters. The minimum absolute atomic E-state index is 1.22. The largest absolute Gasteiger partial charge is 0.256 e. The maximum atomic E-state index is 2.56. The lowest BCUT2D eigenvalue weighted by Gasteiger charge is -2.06. The Hall–Kier alpha value is -0.790. The molecule has 0 fully saturated rings. The van der Waals surface area contributed by atoms with E-state index in [4.69, 9.17) is 0 Å². The summed E-state index contributed by atoms with van der Waals surface area (Å²) in [6.07, 6.45) is 37.1. The standard InChI is InChI=1S/C31H61N2/c1-4-7-9-11-13-15-16-17-19-21-23-25-28-33-30-29-32(31(33)26-6-3)27-24-22-20-18-14-12-10-8-5-2/h29-30H,4-28H2,1-3H3/q+1. The van der Waals surface area contributed by atoms with Gasteiger partial charge in [-0.2, -0.15) is 0 Å². The summed E-state index contributed by atoms with van der Waals surface area (Å²) in [6.45, 7) is 9.37. The van der Waals surface area contributed by atoms with Gasteiger partial charge in [0.05, 0.1) is 13.1 Å². The van der Waals surface area contributed by atoms with Crippen molar-refractivity contribution in [2.24, 2.45) is 0 Å². The summed E-state index contributed by atoms with van der Waals surface area (Å²) in [5.74, 6) is 1.57. The Morgan fingerprint density at radius 1 is 0.515 bits per heavy atom. The molecule has 0 aromatic carbocycles. The Morgan fingerprint density at radius 2 is 0.939 bits per heavy atom. The Labute approximate surface area is 208 Å². The van der Waals surface area contributed by atoms with Gasteiger partial charge in [-0.25, -0.2) is 9.13 Å². The summed E-state index contributed by atoms with van der Waals surface area (Å²) in [4.78, 5) is 0. The van der Waals surface area contributed by atoms with Crippen LogP contribution >= 0.6 is 0 Å². The highest BCUT2D eigenvalue weighted by Gasteiger charge is 2.15. The summed E-state index contributed by atoms with van der Waals surface area (Å²) >= 11 is 0. The van der Waals surface area contributed by atoms with E-state index < -0.39 is 0 Å². The third-order valence-corrected chi connectivity index (χ3v) is 7.32. The smallest absolute Gasteiger partial charge is 0.234 e. The van der Waals surface area contributed by atoms with Crippen LogP contribution in [0.3, 0.4) is 0 Å². The van der Waals surface area contributed by atoms with E-state index in [1.165, 1.54) is 161 Å². The quantitative estimate of drug-likeness (QED) is 0.101. The van der Waals surface area contributed by atoms with E-state index >= 15 is 0 Å². The monoisotopic (exact) mass is 461 g/mol. The predicted octanol–water partition coefficient (Wildman–Crippen LogP) is 9.96. The Kier molecular flexibility index (Phi) is 21.1. The van der Waals surface area contributed by atoms with Gasteiger partial charge in [-0.1, -0.05) is 130 Å². The van der Waals surface area contributed by atoms with Gasteiger partial charge >= 0.3 is 0 Å². The van der Waals surface area contributed by atoms with Crippen LogP contribution in [0.2, 0.25) is 0 Å². The SMILES string of the molecule is CCCCCCCCCCCCCCn1cc[n+](CCCCCCCCCCC)c1CCC. The van der Waals surface area contributed by atoms with Crippen molar-refractivity contribution in [2.75, 3.05) is 0 Å². The normalized spacial score (nSPS) is 11.5. The van der Waals surface area contributed by atoms with Gasteiger partial charge in [0, 0.05) is 6.42 Å². The van der Waals surface area contributed by atoms with Crippen LogP contribution in [0, 0.1) is 0 Å². The van der Waals surface area contributed by atoms with E-state index in [0.29, 0.717) is 0 Å². The first-order valence-electron chi connectivity index (χ1n) is 15.4. The number of aromatic nitrogens is 2. The molecule has 0 aliphatic heterocycles. The van der Waals surface area contributed by atoms with Crippen LogP contribution in [-0.4, -0.2) is 4.57 Å². The number of rotatable bonds is 25. The van der Waals surface area contributed by atoms with Gasteiger partial charge in [-0.15, -0.1) is 0 Å². The van der Waals surface area contributed by atoms with Crippen molar-refractivity contribution in [2.45, 2.75) is 182 Å². The fraction of sp³-hybridized carbons (Fsp3) is 0.903. The van der Waals surface area contributed by atoms with Gasteiger partial charge in [-0.3, -0.25) is 0 Å². The molecule has 0 aliphatic rings. The van der Waals surface area contributed by atoms with Crippen LogP contribution < -0.4 is 4.57 Å². The zero-order valence-electron chi connectivity index (χ0n) is 23.2. The molecule has 1 rings (SSSR count). The molecule has 194 valence electrons. The van der Waals surface area contributed by atoms with Gasteiger partial charge in [-0.05, 0) is 32.1 Å². The van der Waals surface area contributed by atoms with E-state index in [-0.39, 0.29) is 0 Å². The van der Waals surface area contributed by atoms with Crippen molar-refractivity contribution in [3.8, 4) is 0 Å². The number of aryl methyl sites for hydroxylation is 2. The molecule has 33 heavy (non-hydrogen) atoms. The third kappa shape index (κ3) is 16.5. The van der Waals surface area contributed by atoms with Gasteiger partial charge in [0.1, 0.15) is 12.4 Å². The molecule has 0 radical (unpaired) electrons. The maximum Gasteiger partial charge on any atom is 0.256 e. The van der Waals surface area contributed by atoms with Gasteiger partial charge in [0.2, 0.25) is 0 Å². The van der Waals surface area contributed by atoms with E-state index in [0.717, 1.165) is 0 Å². The first kappa shape index (κ1) is 30.2. The molecule has 2 nitrogen and oxygen atoms in total. The summed E-state index contributed by atoms with van der Waals surface area (Å²) in [7, 11) is 0. The lowest BCUT2D eigenvalue weighted by molar-refractivity contribution is -0.704. The van der Waals surface area contributed by atoms with Crippen LogP contribution in [0.5, 0.6) is 0 Å². The zero-order valence-corrected chi connectivity index (χ0v) is 23.2. The van der Waals surface area contributed by atoms with E-state index in [1.807, 2.05) is 0 Å². The third-order valence-electron chi connectivity index (χ3n) is 7.32. The fourth-order valence-electron chi connectivity index (χ4n) is 5.13. The summed E-state index contributed by atoms with van der Waals surface area (Å²) < 4.78 is 5.12. The van der Waals surface area contributed by atoms with Gasteiger partial charge in [0.15, 0.2) is 0 Å². The van der Waals surface area contributed by atoms with Crippen molar-refractivity contribution in [3.05, 3.63) is 18.2 Å². The molecule has 0 amide bonds. The molecule has 0 unspecified atom stereocenters. The van der Waals surface area contributed by atoms with E-state index in [2.05, 4.69) is 42.3 Å². The number of hydrogen-bond donors (Lipinski definition) is 0. The Morgan fingerprint density at radius 3 is 1.39 bits per heavy atom. The molecule has 0 aliphatic carbocycles. The van der Waals surface area contributed by atoms with Crippen molar-refractivity contribution in [3.63, 3.8) is 0 Å². The summed E-state index contributed by atoms with van der Waals surface area (Å²) in [5.41, 5.74) is 0. The molecule has 1 aromatic heterocycles. The van der Waals surface area contributed by atoms with Crippen molar-refractivity contribution >= 4 is 0 Å². The van der Waals surface area contributed by atoms with Gasteiger partial charge < -0.3 is 0 Å². The minimum atomic E-state index is 1.22. The second-order valence-corrected chi connectivity index (χ2v) is 10.6. The molecule has 2 heteroatoms. The van der Waals surface area contributed by atoms with E-state index in [9.17, 15) is 0 Å². The number of unbranched alkanes of at least 4 members (excludes halogenated alkanes) is 19. The number of hydrogen-bond acceptors (Lipinski definition) is 0. The van der Waals surface area contributed by atoms with Gasteiger partial charge in [0.25, 0.3) is 5.82 Å². The maximum absolute atomic E-state index is 2.56. The van der Waals surface area contributed by atoms with Crippen LogP contribution in [0.4, 0.5) is 0 Å². The number of nitrogens with zero attached hydrogens (tertiary/aromatic N) is 2. The molecule has 1 heterocycles. The lowest BCUT2D eigenvalue weighted by Crippen LogP contribution is -2.37. The highest BCUT2D eigenvalue weighted by Crippen LogP contribution is 2.13. The zero-order chi connectivity index (χ0) is 23.8.